The zero-order valence-corrected chi connectivity index (χ0v) is 71.0. The molecule has 0 aliphatic heterocycles. The number of allylic oxidation sites excluding steroid dienone is 6. The summed E-state index contributed by atoms with van der Waals surface area (Å²) in [4.78, 5) is 44.3. The molecule has 13 nitrogen and oxygen atoms in total. The third kappa shape index (κ3) is 20.3. The standard InChI is InChI=1S/C27H18NO2.C27H18NOS.C25H18NO.3C5H8O2.3Ir/c1-16-14-21-20-10-6-7-11-23(20)29-26(21)17(2)25(16)24-15-19-12-13-22(28-27(19)30-24)18-8-4-3-5-9-18;1-16-14-21-20-10-6-7-11-24(20)30-26(21)17(2)25(16)23-15-19-12-13-22(28-27(19)29-23)18-8-4-3-5-9-18;1-16-11-17(2)13-22(12-16)23-10-9-21-15-24(27-25(21)26-23)20-8-7-18-5-3-4-6-19(18)14-20;3*1-4(6)3-5(2)7;;;/h2*3-8,10-15H,1-2H3;3-12,14-15H,1-2H3;3*3,6H,1-2H3;;;/q3*-1;;;;;;. The van der Waals surface area contributed by atoms with Crippen molar-refractivity contribution in [1.29, 1.82) is 0 Å². The fourth-order valence-electron chi connectivity index (χ4n) is 13.1. The van der Waals surface area contributed by atoms with Crippen LogP contribution in [0.25, 0.3) is 154 Å². The van der Waals surface area contributed by atoms with Crippen molar-refractivity contribution in [1.82, 2.24) is 15.0 Å². The van der Waals surface area contributed by atoms with Crippen LogP contribution in [0.3, 0.4) is 0 Å². The number of pyridine rings is 3. The normalized spacial score (nSPS) is 11.2. The predicted octanol–water partition coefficient (Wildman–Crippen LogP) is 25.3. The second-order valence-corrected chi connectivity index (χ2v) is 27.6. The van der Waals surface area contributed by atoms with Gasteiger partial charge in [0.05, 0.1) is 17.3 Å². The SMILES string of the molecule is CC(=O)C=C(C)O.CC(=O)C=C(C)O.CC(=O)C=C(C)O.Cc1[c-]c(-c2ccc3cc(-c4ccc5ccccc5c4)oc3n2)cc(C)c1.Cc1cc2c(oc3ccccc32)c(C)c1-c1cc2ccc(-c3[c-]cccc3)nc2o1.Cc1cc2c(sc3ccccc32)c(C)c1-c1cc2ccc(-c3[c-]cccc3)nc2o1.[Ir].[Ir].[Ir]. The molecule has 0 aliphatic rings. The van der Waals surface area contributed by atoms with Crippen molar-refractivity contribution in [3.63, 3.8) is 0 Å². The molecule has 17 aromatic rings. The number of carbonyl (C=O) groups excluding carboxylic acids is 3. The van der Waals surface area contributed by atoms with E-state index in [0.29, 0.717) is 17.1 Å². The van der Waals surface area contributed by atoms with E-state index in [1.807, 2.05) is 96.3 Å². The second-order valence-electron chi connectivity index (χ2n) is 26.5. The van der Waals surface area contributed by atoms with Gasteiger partial charge in [0.15, 0.2) is 17.3 Å². The number of fused-ring (bicyclic) bond motifs is 10. The molecule has 0 bridgehead atoms. The number of aryl methyl sites for hydroxylation is 6. The van der Waals surface area contributed by atoms with Crippen LogP contribution < -0.4 is 0 Å². The molecule has 0 saturated carbocycles. The van der Waals surface area contributed by atoms with E-state index in [9.17, 15) is 14.4 Å². The first kappa shape index (κ1) is 83.9. The molecule has 3 radical (unpaired) electrons. The van der Waals surface area contributed by atoms with Gasteiger partial charge in [-0.15, -0.1) is 118 Å². The number of carbonyl (C=O) groups is 3. The quantitative estimate of drug-likeness (QED) is 0.0700. The maximum absolute atomic E-state index is 10.0. The Morgan fingerprint density at radius 3 is 1.33 bits per heavy atom. The van der Waals surface area contributed by atoms with Gasteiger partial charge in [-0.05, 0) is 162 Å². The maximum Gasteiger partial charge on any atom is 0.217 e. The third-order valence-corrected chi connectivity index (χ3v) is 18.8. The Kier molecular flexibility index (Phi) is 28.4. The number of para-hydroxylation sites is 1. The van der Waals surface area contributed by atoms with Crippen molar-refractivity contribution < 1.29 is 108 Å². The average molecular weight is 2020 g/mol. The van der Waals surface area contributed by atoms with E-state index < -0.39 is 0 Å². The van der Waals surface area contributed by atoms with Crippen LogP contribution in [-0.4, -0.2) is 47.6 Å². The minimum absolute atomic E-state index is 0. The van der Waals surface area contributed by atoms with E-state index in [1.54, 1.807) is 0 Å². The van der Waals surface area contributed by atoms with Crippen LogP contribution in [0.15, 0.2) is 272 Å². The first-order chi connectivity index (χ1) is 51.9. The van der Waals surface area contributed by atoms with Crippen molar-refractivity contribution in [2.45, 2.75) is 83.1 Å². The van der Waals surface area contributed by atoms with E-state index in [-0.39, 0.29) is 94.9 Å². The maximum atomic E-state index is 10.0. The topological polar surface area (TPSA) is 203 Å². The molecule has 9 aromatic carbocycles. The molecule has 565 valence electrons. The smallest absolute Gasteiger partial charge is 0.217 e. The van der Waals surface area contributed by atoms with Gasteiger partial charge in [0.25, 0.3) is 0 Å². The van der Waals surface area contributed by atoms with E-state index in [4.69, 9.17) is 47.9 Å². The van der Waals surface area contributed by atoms with Gasteiger partial charge in [-0.2, -0.15) is 0 Å². The molecular weight excluding hydrogens is 1940 g/mol. The number of furan rings is 4. The Labute approximate surface area is 688 Å². The Morgan fingerprint density at radius 1 is 0.396 bits per heavy atom. The molecule has 0 spiro atoms. The first-order valence-corrected chi connectivity index (χ1v) is 35.9. The number of nitrogens with zero attached hydrogens (tertiary/aromatic N) is 3. The van der Waals surface area contributed by atoms with Crippen LogP contribution >= 0.6 is 11.3 Å². The molecule has 0 saturated heterocycles. The van der Waals surface area contributed by atoms with Crippen LogP contribution in [0, 0.1) is 59.7 Å². The van der Waals surface area contributed by atoms with Crippen LogP contribution in [0.5, 0.6) is 0 Å². The molecule has 17 rings (SSSR count). The summed E-state index contributed by atoms with van der Waals surface area (Å²) in [6, 6.07) is 84.3. The first-order valence-electron chi connectivity index (χ1n) is 35.0. The van der Waals surface area contributed by atoms with Gasteiger partial charge >= 0.3 is 0 Å². The van der Waals surface area contributed by atoms with Crippen molar-refractivity contribution in [2.24, 2.45) is 0 Å². The number of rotatable bonds is 9. The van der Waals surface area contributed by atoms with Crippen LogP contribution in [0.1, 0.15) is 74.9 Å². The van der Waals surface area contributed by atoms with Crippen LogP contribution in [0.2, 0.25) is 0 Å². The Morgan fingerprint density at radius 2 is 0.838 bits per heavy atom. The Hall–Kier alpha value is -11.1. The van der Waals surface area contributed by atoms with Crippen molar-refractivity contribution >= 4 is 115 Å². The number of hydrogen-bond donors (Lipinski definition) is 3. The van der Waals surface area contributed by atoms with Crippen molar-refractivity contribution in [3.8, 4) is 67.7 Å². The molecule has 17 heteroatoms. The van der Waals surface area contributed by atoms with E-state index in [1.165, 1.54) is 113 Å². The summed E-state index contributed by atoms with van der Waals surface area (Å²) in [5.41, 5.74) is 19.6. The van der Waals surface area contributed by atoms with Crippen molar-refractivity contribution in [2.75, 3.05) is 0 Å². The van der Waals surface area contributed by atoms with E-state index >= 15 is 0 Å². The predicted molar refractivity (Wildman–Crippen MR) is 438 cm³/mol. The van der Waals surface area contributed by atoms with Gasteiger partial charge in [-0.25, -0.2) is 0 Å². The summed E-state index contributed by atoms with van der Waals surface area (Å²) in [5.74, 6) is 2.34. The largest absolute Gasteiger partial charge is 0.512 e. The molecule has 0 aliphatic carbocycles. The number of ketones is 3. The Bertz CT molecular complexity index is 6000. The molecule has 8 heterocycles. The van der Waals surface area contributed by atoms with E-state index in [2.05, 4.69) is 193 Å². The van der Waals surface area contributed by atoms with Crippen molar-refractivity contribution in [3.05, 3.63) is 305 Å². The molecule has 111 heavy (non-hydrogen) atoms. The van der Waals surface area contributed by atoms with Gasteiger partial charge in [0.1, 0.15) is 28.4 Å². The summed E-state index contributed by atoms with van der Waals surface area (Å²) in [7, 11) is 0. The molecule has 0 fully saturated rings. The zero-order chi connectivity index (χ0) is 76.4. The number of benzene rings is 9. The summed E-state index contributed by atoms with van der Waals surface area (Å²) < 4.78 is 27.5. The number of thiophene rings is 1. The van der Waals surface area contributed by atoms with Gasteiger partial charge in [-0.1, -0.05) is 123 Å². The third-order valence-electron chi connectivity index (χ3n) is 17.5. The fourth-order valence-corrected chi connectivity index (χ4v) is 14.3. The van der Waals surface area contributed by atoms with Crippen LogP contribution in [0.4, 0.5) is 0 Å². The van der Waals surface area contributed by atoms with Gasteiger partial charge in [0.2, 0.25) is 17.1 Å². The van der Waals surface area contributed by atoms with E-state index in [0.717, 1.165) is 117 Å². The minimum atomic E-state index is -0.125. The molecule has 0 atom stereocenters. The van der Waals surface area contributed by atoms with Crippen LogP contribution in [-0.2, 0) is 74.7 Å². The van der Waals surface area contributed by atoms with Gasteiger partial charge < -0.3 is 33.0 Å². The molecular formula is C94H78Ir3N3O10S-3. The summed E-state index contributed by atoms with van der Waals surface area (Å²) in [6.45, 7) is 21.3. The molecule has 8 aromatic heterocycles. The van der Waals surface area contributed by atoms with Gasteiger partial charge in [-0.3, -0.25) is 29.3 Å². The number of aromatic nitrogens is 3. The zero-order valence-electron chi connectivity index (χ0n) is 63.0. The number of aliphatic hydroxyl groups is 3. The Balaban J connectivity index is 0.000000167. The number of aliphatic hydroxyl groups excluding tert-OH is 3. The number of hydrogen-bond acceptors (Lipinski definition) is 14. The summed E-state index contributed by atoms with van der Waals surface area (Å²) in [6.07, 6.45) is 3.50. The summed E-state index contributed by atoms with van der Waals surface area (Å²) in [5, 5.41) is 35.4. The average Bonchev–Trinajstić information content (AvgIpc) is 1.61. The minimum Gasteiger partial charge on any atom is -0.512 e. The monoisotopic (exact) mass is 2020 g/mol. The summed E-state index contributed by atoms with van der Waals surface area (Å²) >= 11 is 1.85. The van der Waals surface area contributed by atoms with Gasteiger partial charge in [0, 0.05) is 148 Å². The molecule has 0 unspecified atom stereocenters. The molecule has 0 amide bonds. The second kappa shape index (κ2) is 37.5. The fraction of sp³-hybridized carbons (Fsp3) is 0.128. The molecule has 3 N–H and O–H groups in total.